The zero-order valence-electron chi connectivity index (χ0n) is 7.78. The lowest BCUT2D eigenvalue weighted by Crippen LogP contribution is -2.36. The van der Waals surface area contributed by atoms with Gasteiger partial charge in [0.1, 0.15) is 0 Å². The predicted molar refractivity (Wildman–Crippen MR) is 45.9 cm³/mol. The molecule has 1 rings (SSSR count). The largest absolute Gasteiger partial charge is 0.479 e. The normalized spacial score (nSPS) is 19.3. The Morgan fingerprint density at radius 1 is 1.46 bits per heavy atom. The van der Waals surface area contributed by atoms with Gasteiger partial charge in [0.25, 0.3) is 0 Å². The molecule has 0 bridgehead atoms. The van der Waals surface area contributed by atoms with Gasteiger partial charge in [-0.15, -0.1) is 0 Å². The molecule has 1 aliphatic carbocycles. The van der Waals surface area contributed by atoms with Crippen LogP contribution in [0.15, 0.2) is 0 Å². The van der Waals surface area contributed by atoms with E-state index >= 15 is 0 Å². The van der Waals surface area contributed by atoms with Crippen molar-refractivity contribution in [2.75, 3.05) is 0 Å². The zero-order valence-corrected chi connectivity index (χ0v) is 7.78. The van der Waals surface area contributed by atoms with Crippen molar-refractivity contribution in [1.82, 2.24) is 0 Å². The second-order valence-electron chi connectivity index (χ2n) is 3.34. The van der Waals surface area contributed by atoms with Gasteiger partial charge in [-0.05, 0) is 25.7 Å². The Labute approximate surface area is 76.5 Å². The molecule has 1 saturated carbocycles. The number of primary amides is 1. The maximum absolute atomic E-state index is 10.3. The summed E-state index contributed by atoms with van der Waals surface area (Å²) in [6, 6.07) is 0. The highest BCUT2D eigenvalue weighted by molar-refractivity contribution is 5.77. The van der Waals surface area contributed by atoms with Crippen molar-refractivity contribution >= 4 is 11.9 Å². The molecule has 5 heteroatoms. The molecule has 1 fully saturated rings. The van der Waals surface area contributed by atoms with Crippen LogP contribution >= 0.6 is 0 Å². The van der Waals surface area contributed by atoms with E-state index < -0.39 is 11.6 Å². The highest BCUT2D eigenvalue weighted by Gasteiger charge is 2.45. The van der Waals surface area contributed by atoms with Gasteiger partial charge in [-0.2, -0.15) is 0 Å². The van der Waals surface area contributed by atoms with Crippen LogP contribution in [0.2, 0.25) is 0 Å². The quantitative estimate of drug-likeness (QED) is 0.556. The van der Waals surface area contributed by atoms with Crippen LogP contribution in [0.25, 0.3) is 0 Å². The lowest BCUT2D eigenvalue weighted by atomic mass is 10.0. The maximum Gasteiger partial charge on any atom is 0.335 e. The second kappa shape index (κ2) is 4.23. The van der Waals surface area contributed by atoms with Gasteiger partial charge in [-0.25, -0.2) is 4.79 Å². The van der Waals surface area contributed by atoms with Gasteiger partial charge < -0.3 is 15.9 Å². The van der Waals surface area contributed by atoms with Crippen LogP contribution in [0.3, 0.4) is 0 Å². The third-order valence-electron chi connectivity index (χ3n) is 1.81. The Morgan fingerprint density at radius 2 is 1.77 bits per heavy atom. The van der Waals surface area contributed by atoms with Crippen molar-refractivity contribution in [3.8, 4) is 0 Å². The number of hydrogen-bond acceptors (Lipinski definition) is 3. The minimum absolute atomic E-state index is 0.00463. The van der Waals surface area contributed by atoms with Crippen LogP contribution in [0.4, 0.5) is 0 Å². The van der Waals surface area contributed by atoms with Gasteiger partial charge in [-0.3, -0.25) is 4.79 Å². The van der Waals surface area contributed by atoms with Crippen LogP contribution in [0.1, 0.15) is 26.7 Å². The molecule has 5 nitrogen and oxygen atoms in total. The van der Waals surface area contributed by atoms with Crippen molar-refractivity contribution in [3.63, 3.8) is 0 Å². The summed E-state index contributed by atoms with van der Waals surface area (Å²) in [6.45, 7) is 2.66. The SMILES string of the molecule is CC(N)=O.CC(O)(C(=O)O)C1CC1. The van der Waals surface area contributed by atoms with Crippen LogP contribution in [-0.2, 0) is 9.59 Å². The van der Waals surface area contributed by atoms with Gasteiger partial charge in [0.15, 0.2) is 5.60 Å². The van der Waals surface area contributed by atoms with Gasteiger partial charge in [0.05, 0.1) is 0 Å². The Hall–Kier alpha value is -1.10. The van der Waals surface area contributed by atoms with E-state index in [-0.39, 0.29) is 11.8 Å². The first-order chi connectivity index (χ1) is 5.78. The summed E-state index contributed by atoms with van der Waals surface area (Å²) < 4.78 is 0. The van der Waals surface area contributed by atoms with Crippen molar-refractivity contribution in [3.05, 3.63) is 0 Å². The Kier molecular flexibility index (Phi) is 3.87. The lowest BCUT2D eigenvalue weighted by molar-refractivity contribution is -0.158. The summed E-state index contributed by atoms with van der Waals surface area (Å²) in [5.74, 6) is -1.44. The van der Waals surface area contributed by atoms with Crippen molar-refractivity contribution in [2.24, 2.45) is 11.7 Å². The van der Waals surface area contributed by atoms with Crippen LogP contribution in [-0.4, -0.2) is 27.7 Å². The molecule has 0 saturated heterocycles. The smallest absolute Gasteiger partial charge is 0.335 e. The number of carboxylic acid groups (broad SMARTS) is 1. The summed E-state index contributed by atoms with van der Waals surface area (Å²) in [7, 11) is 0. The summed E-state index contributed by atoms with van der Waals surface area (Å²) in [4.78, 5) is 19.5. The monoisotopic (exact) mass is 189 g/mol. The summed E-state index contributed by atoms with van der Waals surface area (Å²) in [5, 5.41) is 17.5. The van der Waals surface area contributed by atoms with E-state index in [1.807, 2.05) is 0 Å². The molecule has 1 aliphatic rings. The molecule has 0 spiro atoms. The first-order valence-electron chi connectivity index (χ1n) is 4.00. The summed E-state index contributed by atoms with van der Waals surface area (Å²) in [6.07, 6.45) is 1.69. The van der Waals surface area contributed by atoms with Crippen LogP contribution in [0, 0.1) is 5.92 Å². The minimum Gasteiger partial charge on any atom is -0.479 e. The molecule has 0 radical (unpaired) electrons. The van der Waals surface area contributed by atoms with E-state index in [0.717, 1.165) is 12.8 Å². The fourth-order valence-corrected chi connectivity index (χ4v) is 0.820. The molecule has 1 amide bonds. The third-order valence-corrected chi connectivity index (χ3v) is 1.81. The average Bonchev–Trinajstić information content (AvgIpc) is 2.64. The van der Waals surface area contributed by atoms with E-state index in [0.29, 0.717) is 0 Å². The van der Waals surface area contributed by atoms with Crippen LogP contribution in [0.5, 0.6) is 0 Å². The van der Waals surface area contributed by atoms with Crippen molar-refractivity contribution in [2.45, 2.75) is 32.3 Å². The summed E-state index contributed by atoms with van der Waals surface area (Å²) in [5.41, 5.74) is 3.00. The Balaban J connectivity index is 0.000000310. The molecule has 0 aromatic rings. The van der Waals surface area contributed by atoms with E-state index in [1.54, 1.807) is 0 Å². The Bertz CT molecular complexity index is 204. The molecular formula is C8H15NO4. The first kappa shape index (κ1) is 11.9. The molecule has 0 aliphatic heterocycles. The molecule has 1 atom stereocenters. The van der Waals surface area contributed by atoms with E-state index in [1.165, 1.54) is 13.8 Å². The lowest BCUT2D eigenvalue weighted by Gasteiger charge is -2.15. The van der Waals surface area contributed by atoms with Crippen molar-refractivity contribution in [1.29, 1.82) is 0 Å². The second-order valence-corrected chi connectivity index (χ2v) is 3.34. The van der Waals surface area contributed by atoms with Gasteiger partial charge >= 0.3 is 5.97 Å². The molecule has 13 heavy (non-hydrogen) atoms. The van der Waals surface area contributed by atoms with E-state index in [2.05, 4.69) is 5.73 Å². The number of amides is 1. The van der Waals surface area contributed by atoms with Gasteiger partial charge in [-0.1, -0.05) is 0 Å². The number of aliphatic hydroxyl groups is 1. The fourth-order valence-electron chi connectivity index (χ4n) is 0.820. The summed E-state index contributed by atoms with van der Waals surface area (Å²) >= 11 is 0. The molecule has 4 N–H and O–H groups in total. The molecular weight excluding hydrogens is 174 g/mol. The molecule has 0 aromatic heterocycles. The molecule has 0 aromatic carbocycles. The standard InChI is InChI=1S/C6H10O3.C2H5NO/c1-6(9,5(7)8)4-2-3-4;1-2(3)4/h4,9H,2-3H2,1H3,(H,7,8);1H3,(H2,3,4). The fraction of sp³-hybridized carbons (Fsp3) is 0.750. The number of carboxylic acids is 1. The Morgan fingerprint density at radius 3 is 1.85 bits per heavy atom. The highest BCUT2D eigenvalue weighted by Crippen LogP contribution is 2.39. The zero-order chi connectivity index (χ0) is 10.6. The predicted octanol–water partition coefficient (Wildman–Crippen LogP) is -0.276. The minimum atomic E-state index is -1.47. The number of nitrogens with two attached hydrogens (primary N) is 1. The number of aliphatic carboxylic acids is 1. The van der Waals surface area contributed by atoms with E-state index in [4.69, 9.17) is 10.2 Å². The number of hydrogen-bond donors (Lipinski definition) is 3. The van der Waals surface area contributed by atoms with Crippen LogP contribution < -0.4 is 5.73 Å². The van der Waals surface area contributed by atoms with E-state index in [9.17, 15) is 9.59 Å². The molecule has 0 heterocycles. The molecule has 76 valence electrons. The van der Waals surface area contributed by atoms with Crippen molar-refractivity contribution < 1.29 is 19.8 Å². The topological polar surface area (TPSA) is 101 Å². The van der Waals surface area contributed by atoms with Gasteiger partial charge in [0.2, 0.25) is 5.91 Å². The van der Waals surface area contributed by atoms with Gasteiger partial charge in [0, 0.05) is 6.92 Å². The number of rotatable bonds is 2. The third kappa shape index (κ3) is 4.47. The number of carbonyl (C=O) groups excluding carboxylic acids is 1. The maximum atomic E-state index is 10.3. The molecule has 1 unspecified atom stereocenters. The average molecular weight is 189 g/mol. The first-order valence-corrected chi connectivity index (χ1v) is 4.00. The number of carbonyl (C=O) groups is 2. The highest BCUT2D eigenvalue weighted by atomic mass is 16.4.